The van der Waals surface area contributed by atoms with Crippen LogP contribution in [-0.2, 0) is 0 Å². The average Bonchev–Trinajstić information content (AvgIpc) is 2.07. The summed E-state index contributed by atoms with van der Waals surface area (Å²) in [6.07, 6.45) is 5.13. The van der Waals surface area contributed by atoms with Gasteiger partial charge in [-0.25, -0.2) is 0 Å². The number of para-hydroxylation sites is 1. The summed E-state index contributed by atoms with van der Waals surface area (Å²) in [5.74, 6) is 0. The van der Waals surface area contributed by atoms with Crippen molar-refractivity contribution in [3.8, 4) is 0 Å². The Morgan fingerprint density at radius 3 is 2.64 bits per heavy atom. The van der Waals surface area contributed by atoms with E-state index in [1.807, 2.05) is 36.5 Å². The fourth-order valence-corrected chi connectivity index (χ4v) is 0.807. The molecular weight excluding hydrogens is 134 g/mol. The van der Waals surface area contributed by atoms with Crippen molar-refractivity contribution in [1.82, 2.24) is 0 Å². The van der Waals surface area contributed by atoms with Crippen molar-refractivity contribution >= 4 is 5.69 Å². The lowest BCUT2D eigenvalue weighted by molar-refractivity contribution is 1.22. The van der Waals surface area contributed by atoms with E-state index in [9.17, 15) is 0 Å². The smallest absolute Gasteiger partial charge is 0.0379 e. The largest absolute Gasteiger partial charge is 0.362 e. The summed E-state index contributed by atoms with van der Waals surface area (Å²) < 4.78 is 0. The minimum Gasteiger partial charge on any atom is -0.362 e. The van der Waals surface area contributed by atoms with E-state index in [0.717, 1.165) is 12.1 Å². The van der Waals surface area contributed by atoms with Crippen LogP contribution in [0.5, 0.6) is 0 Å². The van der Waals surface area contributed by atoms with Gasteiger partial charge >= 0.3 is 0 Å². The predicted octanol–water partition coefficient (Wildman–Crippen LogP) is 3.02. The van der Waals surface area contributed by atoms with Crippen molar-refractivity contribution in [2.24, 2.45) is 0 Å². The maximum atomic E-state index is 3.16. The standard InChI is InChI=1S/C10H13N/c1-2-3-9-11-10-7-5-4-6-8-10/h3-9,11H,2H2,1H3/b9-3+. The molecule has 11 heavy (non-hydrogen) atoms. The maximum Gasteiger partial charge on any atom is 0.0379 e. The Kier molecular flexibility index (Phi) is 3.26. The molecule has 0 heterocycles. The highest BCUT2D eigenvalue weighted by atomic mass is 14.8. The first-order chi connectivity index (χ1) is 5.43. The number of hydrogen-bond acceptors (Lipinski definition) is 1. The van der Waals surface area contributed by atoms with Crippen LogP contribution in [0.15, 0.2) is 42.6 Å². The molecule has 0 saturated heterocycles. The molecule has 0 unspecified atom stereocenters. The minimum absolute atomic E-state index is 1.07. The van der Waals surface area contributed by atoms with Crippen molar-refractivity contribution in [3.05, 3.63) is 42.6 Å². The Hall–Kier alpha value is -1.24. The van der Waals surface area contributed by atoms with Gasteiger partial charge in [0.25, 0.3) is 0 Å². The molecule has 0 atom stereocenters. The van der Waals surface area contributed by atoms with Gasteiger partial charge in [-0.3, -0.25) is 0 Å². The molecule has 0 aliphatic rings. The third kappa shape index (κ3) is 2.89. The summed E-state index contributed by atoms with van der Waals surface area (Å²) in [6, 6.07) is 10.1. The number of hydrogen-bond donors (Lipinski definition) is 1. The highest BCUT2D eigenvalue weighted by Crippen LogP contribution is 2.04. The van der Waals surface area contributed by atoms with Crippen LogP contribution in [0.1, 0.15) is 13.3 Å². The monoisotopic (exact) mass is 147 g/mol. The number of allylic oxidation sites excluding steroid dienone is 1. The van der Waals surface area contributed by atoms with Crippen molar-refractivity contribution in [1.29, 1.82) is 0 Å². The van der Waals surface area contributed by atoms with Crippen LogP contribution in [0.25, 0.3) is 0 Å². The van der Waals surface area contributed by atoms with E-state index in [0.29, 0.717) is 0 Å². The second-order valence-corrected chi connectivity index (χ2v) is 2.32. The van der Waals surface area contributed by atoms with Crippen LogP contribution in [0, 0.1) is 0 Å². The van der Waals surface area contributed by atoms with Crippen LogP contribution < -0.4 is 5.32 Å². The summed E-state index contributed by atoms with van der Waals surface area (Å²) >= 11 is 0. The second kappa shape index (κ2) is 4.56. The molecule has 0 aliphatic heterocycles. The molecule has 1 N–H and O–H groups in total. The summed E-state index contributed by atoms with van der Waals surface area (Å²) in [7, 11) is 0. The second-order valence-electron chi connectivity index (χ2n) is 2.32. The van der Waals surface area contributed by atoms with Gasteiger partial charge in [-0.1, -0.05) is 31.2 Å². The Balaban J connectivity index is 2.45. The van der Waals surface area contributed by atoms with Crippen LogP contribution in [-0.4, -0.2) is 0 Å². The van der Waals surface area contributed by atoms with E-state index in [-0.39, 0.29) is 0 Å². The van der Waals surface area contributed by atoms with Crippen molar-refractivity contribution in [2.75, 3.05) is 5.32 Å². The molecule has 0 aliphatic carbocycles. The molecule has 1 rings (SSSR count). The first-order valence-electron chi connectivity index (χ1n) is 3.90. The van der Waals surface area contributed by atoms with Gasteiger partial charge in [-0.15, -0.1) is 0 Å². The van der Waals surface area contributed by atoms with E-state index >= 15 is 0 Å². The third-order valence-corrected chi connectivity index (χ3v) is 1.38. The molecule has 1 aromatic carbocycles. The number of nitrogens with one attached hydrogen (secondary N) is 1. The molecule has 1 nitrogen and oxygen atoms in total. The highest BCUT2D eigenvalue weighted by molar-refractivity contribution is 5.44. The van der Waals surface area contributed by atoms with Gasteiger partial charge in [0.2, 0.25) is 0 Å². The molecule has 1 aromatic rings. The van der Waals surface area contributed by atoms with Gasteiger partial charge in [-0.05, 0) is 24.8 Å². The normalized spacial score (nSPS) is 10.3. The number of rotatable bonds is 3. The lowest BCUT2D eigenvalue weighted by Gasteiger charge is -1.97. The lowest BCUT2D eigenvalue weighted by atomic mass is 10.3. The summed E-state index contributed by atoms with van der Waals surface area (Å²) in [4.78, 5) is 0. The first-order valence-corrected chi connectivity index (χ1v) is 3.90. The van der Waals surface area contributed by atoms with E-state index < -0.39 is 0 Å². The zero-order valence-corrected chi connectivity index (χ0v) is 6.75. The Bertz CT molecular complexity index is 214. The van der Waals surface area contributed by atoms with Gasteiger partial charge < -0.3 is 5.32 Å². The zero-order valence-electron chi connectivity index (χ0n) is 6.75. The van der Waals surface area contributed by atoms with Crippen LogP contribution in [0.4, 0.5) is 5.69 Å². The summed E-state index contributed by atoms with van der Waals surface area (Å²) in [5, 5.41) is 3.16. The van der Waals surface area contributed by atoms with Gasteiger partial charge in [0.05, 0.1) is 0 Å². The molecule has 0 spiro atoms. The fourth-order valence-electron chi connectivity index (χ4n) is 0.807. The maximum absolute atomic E-state index is 3.16. The van der Waals surface area contributed by atoms with Crippen LogP contribution >= 0.6 is 0 Å². The van der Waals surface area contributed by atoms with Gasteiger partial charge in [0.15, 0.2) is 0 Å². The molecule has 0 aromatic heterocycles. The molecule has 58 valence electrons. The number of benzene rings is 1. The molecule has 0 fully saturated rings. The van der Waals surface area contributed by atoms with E-state index in [4.69, 9.17) is 0 Å². The van der Waals surface area contributed by atoms with E-state index in [1.54, 1.807) is 0 Å². The minimum atomic E-state index is 1.07. The van der Waals surface area contributed by atoms with E-state index in [2.05, 4.69) is 18.3 Å². The predicted molar refractivity (Wildman–Crippen MR) is 49.5 cm³/mol. The molecule has 0 amide bonds. The van der Waals surface area contributed by atoms with Crippen LogP contribution in [0.3, 0.4) is 0 Å². The SMILES string of the molecule is CC/C=C/Nc1ccccc1. The van der Waals surface area contributed by atoms with E-state index in [1.165, 1.54) is 0 Å². The highest BCUT2D eigenvalue weighted by Gasteiger charge is 1.81. The van der Waals surface area contributed by atoms with Crippen molar-refractivity contribution < 1.29 is 0 Å². The average molecular weight is 147 g/mol. The van der Waals surface area contributed by atoms with Crippen LogP contribution in [0.2, 0.25) is 0 Å². The molecule has 0 radical (unpaired) electrons. The molecule has 0 saturated carbocycles. The van der Waals surface area contributed by atoms with Crippen molar-refractivity contribution in [2.45, 2.75) is 13.3 Å². The van der Waals surface area contributed by atoms with Gasteiger partial charge in [0.1, 0.15) is 0 Å². The Morgan fingerprint density at radius 2 is 2.00 bits per heavy atom. The number of anilines is 1. The zero-order chi connectivity index (χ0) is 7.94. The Morgan fingerprint density at radius 1 is 1.27 bits per heavy atom. The third-order valence-electron chi connectivity index (χ3n) is 1.38. The first kappa shape index (κ1) is 7.86. The lowest BCUT2D eigenvalue weighted by Crippen LogP contribution is -1.84. The Labute approximate surface area is 67.8 Å². The van der Waals surface area contributed by atoms with Gasteiger partial charge in [-0.2, -0.15) is 0 Å². The van der Waals surface area contributed by atoms with Gasteiger partial charge in [0, 0.05) is 5.69 Å². The molecule has 0 bridgehead atoms. The molecular formula is C10H13N. The topological polar surface area (TPSA) is 12.0 Å². The van der Waals surface area contributed by atoms with Crippen molar-refractivity contribution in [3.63, 3.8) is 0 Å². The summed E-state index contributed by atoms with van der Waals surface area (Å²) in [5.41, 5.74) is 1.14. The quantitative estimate of drug-likeness (QED) is 0.693. The fraction of sp³-hybridized carbons (Fsp3) is 0.200. The molecule has 1 heteroatoms. The summed E-state index contributed by atoms with van der Waals surface area (Å²) in [6.45, 7) is 2.11.